The molecule has 2 atom stereocenters. The molecule has 1 saturated heterocycles. The molecule has 2 nitrogen and oxygen atoms in total. The van der Waals surface area contributed by atoms with Gasteiger partial charge in [-0.2, -0.15) is 11.8 Å². The fraction of sp³-hybridized carbons (Fsp3) is 0.750. The molecule has 2 rings (SSSR count). The lowest BCUT2D eigenvalue weighted by Crippen LogP contribution is -2.25. The fourth-order valence-corrected chi connectivity index (χ4v) is 4.56. The van der Waals surface area contributed by atoms with Gasteiger partial charge in [0.25, 0.3) is 0 Å². The second kappa shape index (κ2) is 5.52. The molecule has 1 N–H and O–H groups in total. The number of rotatable bonds is 4. The van der Waals surface area contributed by atoms with Crippen LogP contribution in [0.3, 0.4) is 0 Å². The Morgan fingerprint density at radius 3 is 2.81 bits per heavy atom. The van der Waals surface area contributed by atoms with Crippen molar-refractivity contribution in [3.05, 3.63) is 16.1 Å². The molecule has 1 aromatic heterocycles. The quantitative estimate of drug-likeness (QED) is 0.895. The lowest BCUT2D eigenvalue weighted by Gasteiger charge is -2.19. The Kier molecular flexibility index (Phi) is 4.27. The summed E-state index contributed by atoms with van der Waals surface area (Å²) in [6.45, 7) is 4.41. The maximum Gasteiger partial charge on any atom is 0.110 e. The van der Waals surface area contributed by atoms with Crippen LogP contribution in [-0.2, 0) is 0 Å². The predicted octanol–water partition coefficient (Wildman–Crippen LogP) is 3.28. The Hall–Kier alpha value is -0.0600. The van der Waals surface area contributed by atoms with E-state index in [0.29, 0.717) is 12.0 Å². The minimum absolute atomic E-state index is 0.465. The van der Waals surface area contributed by atoms with Crippen molar-refractivity contribution in [3.8, 4) is 0 Å². The summed E-state index contributed by atoms with van der Waals surface area (Å²) in [5, 5.41) is 6.94. The molecule has 1 fully saturated rings. The summed E-state index contributed by atoms with van der Waals surface area (Å²) >= 11 is 3.89. The first kappa shape index (κ1) is 12.4. The SMILES string of the molecule is CNC(c1nc(C(C)C)cs1)C1CCSC1. The van der Waals surface area contributed by atoms with Gasteiger partial charge < -0.3 is 5.32 Å². The molecular formula is C12H20N2S2. The molecule has 0 bridgehead atoms. The third-order valence-corrected chi connectivity index (χ3v) is 5.28. The van der Waals surface area contributed by atoms with E-state index in [4.69, 9.17) is 4.98 Å². The van der Waals surface area contributed by atoms with Crippen molar-refractivity contribution < 1.29 is 0 Å². The molecule has 0 amide bonds. The van der Waals surface area contributed by atoms with E-state index >= 15 is 0 Å². The summed E-state index contributed by atoms with van der Waals surface area (Å²) < 4.78 is 0. The normalized spacial score (nSPS) is 22.9. The molecule has 4 heteroatoms. The molecule has 1 aliphatic heterocycles. The first-order valence-corrected chi connectivity index (χ1v) is 7.96. The number of aromatic nitrogens is 1. The minimum Gasteiger partial charge on any atom is -0.311 e. The van der Waals surface area contributed by atoms with Crippen LogP contribution >= 0.6 is 23.1 Å². The maximum atomic E-state index is 4.77. The molecule has 0 spiro atoms. The predicted molar refractivity (Wildman–Crippen MR) is 73.4 cm³/mol. The van der Waals surface area contributed by atoms with E-state index in [1.165, 1.54) is 28.6 Å². The monoisotopic (exact) mass is 256 g/mol. The Bertz CT molecular complexity index is 330. The molecule has 16 heavy (non-hydrogen) atoms. The molecule has 1 aliphatic rings. The summed E-state index contributed by atoms with van der Waals surface area (Å²) in [5.41, 5.74) is 1.24. The number of hydrogen-bond donors (Lipinski definition) is 1. The van der Waals surface area contributed by atoms with Gasteiger partial charge in [-0.05, 0) is 36.8 Å². The third kappa shape index (κ3) is 2.60. The lowest BCUT2D eigenvalue weighted by molar-refractivity contribution is 0.417. The van der Waals surface area contributed by atoms with Gasteiger partial charge in [0.05, 0.1) is 11.7 Å². The highest BCUT2D eigenvalue weighted by molar-refractivity contribution is 7.99. The first-order valence-electron chi connectivity index (χ1n) is 5.92. The van der Waals surface area contributed by atoms with Gasteiger partial charge in [0.15, 0.2) is 0 Å². The lowest BCUT2D eigenvalue weighted by atomic mass is 10.00. The summed E-state index contributed by atoms with van der Waals surface area (Å²) in [6.07, 6.45) is 1.33. The second-order valence-electron chi connectivity index (χ2n) is 4.66. The summed E-state index contributed by atoms with van der Waals surface area (Å²) in [4.78, 5) is 4.77. The van der Waals surface area contributed by atoms with Crippen LogP contribution in [0.25, 0.3) is 0 Å². The van der Waals surface area contributed by atoms with E-state index in [1.807, 2.05) is 11.3 Å². The topological polar surface area (TPSA) is 24.9 Å². The highest BCUT2D eigenvalue weighted by Crippen LogP contribution is 2.35. The molecule has 0 aliphatic carbocycles. The van der Waals surface area contributed by atoms with Crippen LogP contribution in [0.15, 0.2) is 5.38 Å². The number of nitrogens with zero attached hydrogens (tertiary/aromatic N) is 1. The number of thioether (sulfide) groups is 1. The van der Waals surface area contributed by atoms with E-state index in [9.17, 15) is 0 Å². The molecule has 0 aromatic carbocycles. The van der Waals surface area contributed by atoms with E-state index < -0.39 is 0 Å². The second-order valence-corrected chi connectivity index (χ2v) is 6.69. The van der Waals surface area contributed by atoms with Crippen LogP contribution in [0.4, 0.5) is 0 Å². The summed E-state index contributed by atoms with van der Waals surface area (Å²) in [5.74, 6) is 3.90. The summed E-state index contributed by atoms with van der Waals surface area (Å²) in [7, 11) is 2.06. The van der Waals surface area contributed by atoms with Gasteiger partial charge in [-0.3, -0.25) is 0 Å². The molecular weight excluding hydrogens is 236 g/mol. The van der Waals surface area contributed by atoms with Crippen molar-refractivity contribution in [2.75, 3.05) is 18.6 Å². The molecule has 0 saturated carbocycles. The van der Waals surface area contributed by atoms with E-state index in [-0.39, 0.29) is 0 Å². The number of nitrogens with one attached hydrogen (secondary N) is 1. The van der Waals surface area contributed by atoms with Crippen LogP contribution in [0.5, 0.6) is 0 Å². The van der Waals surface area contributed by atoms with Crippen LogP contribution in [0.1, 0.15) is 42.9 Å². The van der Waals surface area contributed by atoms with Gasteiger partial charge in [0, 0.05) is 5.38 Å². The largest absolute Gasteiger partial charge is 0.311 e. The standard InChI is InChI=1S/C12H20N2S2/c1-8(2)10-7-16-12(14-10)11(13-3)9-4-5-15-6-9/h7-9,11,13H,4-6H2,1-3H3. The third-order valence-electron chi connectivity index (χ3n) is 3.14. The number of hydrogen-bond acceptors (Lipinski definition) is 4. The van der Waals surface area contributed by atoms with Gasteiger partial charge in [0.2, 0.25) is 0 Å². The van der Waals surface area contributed by atoms with Crippen LogP contribution in [0.2, 0.25) is 0 Å². The Morgan fingerprint density at radius 2 is 2.31 bits per heavy atom. The average molecular weight is 256 g/mol. The van der Waals surface area contributed by atoms with Crippen molar-refractivity contribution in [1.82, 2.24) is 10.3 Å². The average Bonchev–Trinajstić information content (AvgIpc) is 2.88. The van der Waals surface area contributed by atoms with E-state index in [1.54, 1.807) is 0 Å². The molecule has 90 valence electrons. The zero-order valence-corrected chi connectivity index (χ0v) is 11.8. The van der Waals surface area contributed by atoms with Crippen LogP contribution in [0, 0.1) is 5.92 Å². The Morgan fingerprint density at radius 1 is 1.50 bits per heavy atom. The maximum absolute atomic E-state index is 4.77. The number of thiazole rings is 1. The molecule has 0 radical (unpaired) electrons. The fourth-order valence-electron chi connectivity index (χ4n) is 2.09. The van der Waals surface area contributed by atoms with Crippen LogP contribution < -0.4 is 5.32 Å². The Labute approximate surface area is 106 Å². The smallest absolute Gasteiger partial charge is 0.110 e. The first-order chi connectivity index (χ1) is 7.72. The van der Waals surface area contributed by atoms with Crippen molar-refractivity contribution in [2.24, 2.45) is 5.92 Å². The van der Waals surface area contributed by atoms with Crippen LogP contribution in [-0.4, -0.2) is 23.5 Å². The van der Waals surface area contributed by atoms with E-state index in [0.717, 1.165) is 5.92 Å². The van der Waals surface area contributed by atoms with Gasteiger partial charge in [-0.25, -0.2) is 4.98 Å². The van der Waals surface area contributed by atoms with Crippen molar-refractivity contribution in [1.29, 1.82) is 0 Å². The molecule has 2 unspecified atom stereocenters. The van der Waals surface area contributed by atoms with Gasteiger partial charge in [-0.15, -0.1) is 11.3 Å². The van der Waals surface area contributed by atoms with Gasteiger partial charge >= 0.3 is 0 Å². The zero-order chi connectivity index (χ0) is 11.5. The van der Waals surface area contributed by atoms with Crippen molar-refractivity contribution >= 4 is 23.1 Å². The van der Waals surface area contributed by atoms with Crippen molar-refractivity contribution in [3.63, 3.8) is 0 Å². The summed E-state index contributed by atoms with van der Waals surface area (Å²) in [6, 6.07) is 0.465. The molecule has 1 aromatic rings. The van der Waals surface area contributed by atoms with Gasteiger partial charge in [0.1, 0.15) is 5.01 Å². The highest BCUT2D eigenvalue weighted by atomic mass is 32.2. The molecule has 2 heterocycles. The van der Waals surface area contributed by atoms with Gasteiger partial charge in [-0.1, -0.05) is 13.8 Å². The van der Waals surface area contributed by atoms with Crippen molar-refractivity contribution in [2.45, 2.75) is 32.2 Å². The van der Waals surface area contributed by atoms with E-state index in [2.05, 4.69) is 43.4 Å². The minimum atomic E-state index is 0.465. The highest BCUT2D eigenvalue weighted by Gasteiger charge is 2.27. The zero-order valence-electron chi connectivity index (χ0n) is 10.2. The Balaban J connectivity index is 2.12.